The average Bonchev–Trinajstić information content (AvgIpc) is 2.97. The van der Waals surface area contributed by atoms with Crippen LogP contribution in [0.4, 0.5) is 13.2 Å². The molecule has 1 nitrogen and oxygen atoms in total. The monoisotopic (exact) mass is 244 g/mol. The number of rotatable bonds is 2. The van der Waals surface area contributed by atoms with Crippen molar-refractivity contribution < 1.29 is 18.3 Å². The van der Waals surface area contributed by atoms with Gasteiger partial charge in [0.2, 0.25) is 0 Å². The first kappa shape index (κ1) is 12.4. The quantitative estimate of drug-likeness (QED) is 0.845. The Morgan fingerprint density at radius 1 is 1.29 bits per heavy atom. The van der Waals surface area contributed by atoms with Crippen LogP contribution in [0.2, 0.25) is 0 Å². The van der Waals surface area contributed by atoms with Gasteiger partial charge in [0.05, 0.1) is 11.7 Å². The largest absolute Gasteiger partial charge is 0.416 e. The Bertz CT molecular complexity index is 431. The maximum Gasteiger partial charge on any atom is 0.416 e. The zero-order valence-corrected chi connectivity index (χ0v) is 9.80. The van der Waals surface area contributed by atoms with E-state index >= 15 is 0 Å². The molecular weight excluding hydrogens is 229 g/mol. The van der Waals surface area contributed by atoms with Crippen LogP contribution in [0.5, 0.6) is 0 Å². The maximum absolute atomic E-state index is 12.8. The third kappa shape index (κ3) is 2.06. The van der Waals surface area contributed by atoms with E-state index in [0.717, 1.165) is 12.8 Å². The van der Waals surface area contributed by atoms with Gasteiger partial charge in [-0.3, -0.25) is 0 Å². The van der Waals surface area contributed by atoms with Crippen molar-refractivity contribution in [2.75, 3.05) is 0 Å². The van der Waals surface area contributed by atoms with Gasteiger partial charge in [-0.2, -0.15) is 13.2 Å². The van der Waals surface area contributed by atoms with Crippen molar-refractivity contribution in [2.24, 2.45) is 0 Å². The molecule has 1 saturated carbocycles. The first-order valence-corrected chi connectivity index (χ1v) is 5.64. The van der Waals surface area contributed by atoms with Crippen LogP contribution < -0.4 is 0 Å². The van der Waals surface area contributed by atoms with Gasteiger partial charge in [-0.25, -0.2) is 0 Å². The molecule has 0 aliphatic heterocycles. The van der Waals surface area contributed by atoms with Crippen molar-refractivity contribution >= 4 is 0 Å². The molecule has 0 aromatic heterocycles. The Labute approximate surface area is 98.3 Å². The number of benzene rings is 1. The van der Waals surface area contributed by atoms with Crippen LogP contribution in [-0.2, 0) is 11.6 Å². The minimum atomic E-state index is -4.32. The summed E-state index contributed by atoms with van der Waals surface area (Å²) < 4.78 is 38.3. The molecule has 1 atom stereocenters. The van der Waals surface area contributed by atoms with Gasteiger partial charge in [0.15, 0.2) is 0 Å². The lowest BCUT2D eigenvalue weighted by atomic mass is 9.88. The van der Waals surface area contributed by atoms with Crippen LogP contribution in [0.3, 0.4) is 0 Å². The molecule has 1 N–H and O–H groups in total. The second-order valence-corrected chi connectivity index (χ2v) is 4.86. The summed E-state index contributed by atoms with van der Waals surface area (Å²) >= 11 is 0. The minimum Gasteiger partial charge on any atom is -0.392 e. The topological polar surface area (TPSA) is 20.2 Å². The lowest BCUT2D eigenvalue weighted by Crippen LogP contribution is -2.23. The summed E-state index contributed by atoms with van der Waals surface area (Å²) in [4.78, 5) is 0. The number of aryl methyl sites for hydroxylation is 1. The van der Waals surface area contributed by atoms with Gasteiger partial charge >= 0.3 is 6.18 Å². The molecule has 17 heavy (non-hydrogen) atoms. The lowest BCUT2D eigenvalue weighted by molar-refractivity contribution is -0.138. The highest BCUT2D eigenvalue weighted by Gasteiger charge is 2.49. The number of aliphatic hydroxyl groups excluding tert-OH is 1. The van der Waals surface area contributed by atoms with E-state index in [2.05, 4.69) is 0 Å². The smallest absolute Gasteiger partial charge is 0.392 e. The summed E-state index contributed by atoms with van der Waals surface area (Å²) in [5.41, 5.74) is -0.219. The molecule has 4 heteroatoms. The standard InChI is InChI=1S/C13H15F3O/c1-8-3-4-10(7-11(8)13(14,15)16)12(5-6-12)9(2)17/h3-4,7,9,17H,5-6H2,1-2H3. The maximum atomic E-state index is 12.8. The lowest BCUT2D eigenvalue weighted by Gasteiger charge is -2.21. The molecule has 94 valence electrons. The van der Waals surface area contributed by atoms with Gasteiger partial charge in [-0.1, -0.05) is 12.1 Å². The van der Waals surface area contributed by atoms with Gasteiger partial charge < -0.3 is 5.11 Å². The number of alkyl halides is 3. The van der Waals surface area contributed by atoms with Gasteiger partial charge in [-0.05, 0) is 43.9 Å². The van der Waals surface area contributed by atoms with Crippen molar-refractivity contribution in [1.82, 2.24) is 0 Å². The molecule has 0 radical (unpaired) electrons. The Morgan fingerprint density at radius 3 is 2.29 bits per heavy atom. The highest BCUT2D eigenvalue weighted by atomic mass is 19.4. The molecule has 0 amide bonds. The van der Waals surface area contributed by atoms with E-state index in [-0.39, 0.29) is 5.56 Å². The fourth-order valence-corrected chi connectivity index (χ4v) is 2.32. The predicted molar refractivity (Wildman–Crippen MR) is 58.8 cm³/mol. The van der Waals surface area contributed by atoms with Gasteiger partial charge in [0.25, 0.3) is 0 Å². The molecule has 1 aromatic rings. The average molecular weight is 244 g/mol. The van der Waals surface area contributed by atoms with Crippen LogP contribution in [0.25, 0.3) is 0 Å². The Hall–Kier alpha value is -1.03. The van der Waals surface area contributed by atoms with Gasteiger partial charge in [0.1, 0.15) is 0 Å². The summed E-state index contributed by atoms with van der Waals surface area (Å²) in [5.74, 6) is 0. The van der Waals surface area contributed by atoms with Crippen LogP contribution in [0.1, 0.15) is 36.5 Å². The fraction of sp³-hybridized carbons (Fsp3) is 0.538. The van der Waals surface area contributed by atoms with E-state index in [1.54, 1.807) is 13.0 Å². The van der Waals surface area contributed by atoms with E-state index in [4.69, 9.17) is 0 Å². The summed E-state index contributed by atoms with van der Waals surface area (Å²) in [6.07, 6.45) is -3.42. The molecular formula is C13H15F3O. The second kappa shape index (κ2) is 3.73. The minimum absolute atomic E-state index is 0.225. The SMILES string of the molecule is Cc1ccc(C2(C(C)O)CC2)cc1C(F)(F)F. The normalized spacial score (nSPS) is 20.1. The Balaban J connectivity index is 2.46. The first-order chi connectivity index (χ1) is 7.77. The molecule has 1 fully saturated rings. The molecule has 1 aliphatic rings. The molecule has 2 rings (SSSR count). The molecule has 0 spiro atoms. The molecule has 1 aliphatic carbocycles. The molecule has 0 heterocycles. The molecule has 0 bridgehead atoms. The van der Waals surface area contributed by atoms with E-state index < -0.39 is 23.3 Å². The fourth-order valence-electron chi connectivity index (χ4n) is 2.32. The summed E-state index contributed by atoms with van der Waals surface area (Å²) in [6.45, 7) is 3.09. The van der Waals surface area contributed by atoms with Crippen molar-refractivity contribution in [3.8, 4) is 0 Å². The third-order valence-electron chi connectivity index (χ3n) is 3.71. The number of hydrogen-bond donors (Lipinski definition) is 1. The van der Waals surface area contributed by atoms with Crippen molar-refractivity contribution in [3.63, 3.8) is 0 Å². The van der Waals surface area contributed by atoms with Gasteiger partial charge in [0, 0.05) is 5.41 Å². The summed E-state index contributed by atoms with van der Waals surface area (Å²) in [5, 5.41) is 9.68. The van der Waals surface area contributed by atoms with Crippen LogP contribution in [0, 0.1) is 6.92 Å². The highest BCUT2D eigenvalue weighted by Crippen LogP contribution is 2.51. The molecule has 1 aromatic carbocycles. The molecule has 1 unspecified atom stereocenters. The Kier molecular flexibility index (Phi) is 2.73. The van der Waals surface area contributed by atoms with Crippen LogP contribution >= 0.6 is 0 Å². The molecule has 0 saturated heterocycles. The van der Waals surface area contributed by atoms with Crippen LogP contribution in [-0.4, -0.2) is 11.2 Å². The van der Waals surface area contributed by atoms with E-state index in [0.29, 0.717) is 5.56 Å². The third-order valence-corrected chi connectivity index (χ3v) is 3.71. The first-order valence-electron chi connectivity index (χ1n) is 5.64. The van der Waals surface area contributed by atoms with Crippen molar-refractivity contribution in [3.05, 3.63) is 34.9 Å². The Morgan fingerprint density at radius 2 is 1.88 bits per heavy atom. The van der Waals surface area contributed by atoms with E-state index in [9.17, 15) is 18.3 Å². The number of halogens is 3. The van der Waals surface area contributed by atoms with E-state index in [1.165, 1.54) is 19.1 Å². The highest BCUT2D eigenvalue weighted by molar-refractivity contribution is 5.40. The predicted octanol–water partition coefficient (Wildman–Crippen LogP) is 3.43. The van der Waals surface area contributed by atoms with Gasteiger partial charge in [-0.15, -0.1) is 0 Å². The van der Waals surface area contributed by atoms with Crippen molar-refractivity contribution in [1.29, 1.82) is 0 Å². The van der Waals surface area contributed by atoms with Crippen molar-refractivity contribution in [2.45, 2.75) is 44.4 Å². The summed E-state index contributed by atoms with van der Waals surface area (Å²) in [7, 11) is 0. The zero-order chi connectivity index (χ0) is 12.8. The number of aliphatic hydroxyl groups is 1. The van der Waals surface area contributed by atoms with E-state index in [1.807, 2.05) is 0 Å². The number of hydrogen-bond acceptors (Lipinski definition) is 1. The summed E-state index contributed by atoms with van der Waals surface area (Å²) in [6, 6.07) is 4.37. The second-order valence-electron chi connectivity index (χ2n) is 4.86. The zero-order valence-electron chi connectivity index (χ0n) is 9.80. The van der Waals surface area contributed by atoms with Crippen LogP contribution in [0.15, 0.2) is 18.2 Å².